The van der Waals surface area contributed by atoms with E-state index in [4.69, 9.17) is 10.5 Å². The Bertz CT molecular complexity index is 1290. The second-order valence-electron chi connectivity index (χ2n) is 10.4. The highest BCUT2D eigenvalue weighted by Crippen LogP contribution is 2.27. The van der Waals surface area contributed by atoms with Gasteiger partial charge in [-0.05, 0) is 93.5 Å². The van der Waals surface area contributed by atoms with E-state index < -0.39 is 0 Å². The van der Waals surface area contributed by atoms with Crippen LogP contribution in [0.2, 0.25) is 0 Å². The molecule has 1 aromatic heterocycles. The van der Waals surface area contributed by atoms with Crippen LogP contribution in [-0.2, 0) is 11.2 Å². The summed E-state index contributed by atoms with van der Waals surface area (Å²) in [6.45, 7) is 16.1. The van der Waals surface area contributed by atoms with Gasteiger partial charge in [-0.15, -0.1) is 0 Å². The first-order chi connectivity index (χ1) is 19.1. The monoisotopic (exact) mass is 540 g/mol. The molecule has 0 bridgehead atoms. The smallest absolute Gasteiger partial charge is 0.254 e. The topological polar surface area (TPSA) is 71.7 Å². The fourth-order valence-corrected chi connectivity index (χ4v) is 4.68. The van der Waals surface area contributed by atoms with Gasteiger partial charge in [0.25, 0.3) is 5.91 Å². The Balaban J connectivity index is 0.000000371. The summed E-state index contributed by atoms with van der Waals surface area (Å²) in [4.78, 5) is 20.9. The molecule has 0 saturated carbocycles. The quantitative estimate of drug-likeness (QED) is 0.420. The zero-order valence-corrected chi connectivity index (χ0v) is 24.9. The minimum Gasteiger partial charge on any atom is -0.495 e. The van der Waals surface area contributed by atoms with Crippen molar-refractivity contribution in [3.05, 3.63) is 112 Å². The fraction of sp³-hybridized carbons (Fsp3) is 0.353. The number of nitrogens with two attached hydrogens (primary N) is 1. The van der Waals surface area contributed by atoms with Crippen LogP contribution in [0.5, 0.6) is 5.75 Å². The van der Waals surface area contributed by atoms with Crippen molar-refractivity contribution >= 4 is 12.0 Å². The number of hydrogen-bond acceptors (Lipinski definition) is 5. The molecule has 0 aliphatic carbocycles. The standard InChI is InChI=1S/C26H33N3O.C8H11NO/c1-18-9-6-7-10-23(18)15-19(2)21(4)22(5)29-14-12-24(16-20(29)3)26(30)28-13-8-11-25(27)17-28;1-3-7-4-5-8(10-2)6-9-7/h6-7,9-10,12,14-16,25H,3,8,11,13,17,27H2,1-2,4-5H3;4-6H,3H2,1-2H3/b19-15+,22-21+;. The van der Waals surface area contributed by atoms with E-state index >= 15 is 0 Å². The lowest BCUT2D eigenvalue weighted by molar-refractivity contribution is -0.127. The molecule has 2 aromatic rings. The maximum Gasteiger partial charge on any atom is 0.254 e. The van der Waals surface area contributed by atoms with Gasteiger partial charge in [0.1, 0.15) is 5.75 Å². The normalized spacial score (nSPS) is 18.0. The molecule has 1 aromatic carbocycles. The van der Waals surface area contributed by atoms with Crippen LogP contribution in [0.25, 0.3) is 6.08 Å². The van der Waals surface area contributed by atoms with Crippen molar-refractivity contribution in [3.63, 3.8) is 0 Å². The van der Waals surface area contributed by atoms with E-state index in [0.717, 1.165) is 48.6 Å². The fourth-order valence-electron chi connectivity index (χ4n) is 4.68. The molecule has 1 unspecified atom stereocenters. The van der Waals surface area contributed by atoms with Gasteiger partial charge in [0, 0.05) is 48.0 Å². The number of allylic oxidation sites excluding steroid dienone is 4. The van der Waals surface area contributed by atoms with Crippen LogP contribution in [0.4, 0.5) is 0 Å². The van der Waals surface area contributed by atoms with E-state index in [1.165, 1.54) is 22.3 Å². The van der Waals surface area contributed by atoms with E-state index in [1.807, 2.05) is 40.3 Å². The maximum atomic E-state index is 12.9. The van der Waals surface area contributed by atoms with Gasteiger partial charge in [0.15, 0.2) is 0 Å². The Hall–Kier alpha value is -3.90. The zero-order valence-electron chi connectivity index (χ0n) is 24.9. The van der Waals surface area contributed by atoms with Crippen molar-refractivity contribution in [1.29, 1.82) is 0 Å². The van der Waals surface area contributed by atoms with Crippen molar-refractivity contribution in [1.82, 2.24) is 14.8 Å². The molecule has 6 nitrogen and oxygen atoms in total. The number of methoxy groups -OCH3 is 1. The van der Waals surface area contributed by atoms with E-state index in [-0.39, 0.29) is 11.9 Å². The van der Waals surface area contributed by atoms with Gasteiger partial charge in [0.05, 0.1) is 13.3 Å². The van der Waals surface area contributed by atoms with Crippen molar-refractivity contribution < 1.29 is 9.53 Å². The van der Waals surface area contributed by atoms with Gasteiger partial charge in [-0.3, -0.25) is 9.78 Å². The molecule has 0 radical (unpaired) electrons. The first-order valence-electron chi connectivity index (χ1n) is 14.0. The second kappa shape index (κ2) is 14.5. The Morgan fingerprint density at radius 3 is 2.55 bits per heavy atom. The summed E-state index contributed by atoms with van der Waals surface area (Å²) in [6, 6.07) is 12.3. The van der Waals surface area contributed by atoms with Gasteiger partial charge in [-0.25, -0.2) is 0 Å². The third-order valence-corrected chi connectivity index (χ3v) is 7.48. The van der Waals surface area contributed by atoms with Crippen LogP contribution in [0.15, 0.2) is 95.6 Å². The predicted molar refractivity (Wildman–Crippen MR) is 165 cm³/mol. The van der Waals surface area contributed by atoms with Crippen LogP contribution in [0.3, 0.4) is 0 Å². The molecule has 40 heavy (non-hydrogen) atoms. The molecule has 4 rings (SSSR count). The molecule has 2 aliphatic heterocycles. The van der Waals surface area contributed by atoms with Crippen molar-refractivity contribution in [3.8, 4) is 5.75 Å². The highest BCUT2D eigenvalue weighted by molar-refractivity contribution is 5.97. The number of carbonyl (C=O) groups excluding carboxylic acids is 1. The molecule has 1 amide bonds. The van der Waals surface area contributed by atoms with Gasteiger partial charge in [0.2, 0.25) is 0 Å². The first-order valence-corrected chi connectivity index (χ1v) is 14.0. The molecule has 212 valence electrons. The maximum absolute atomic E-state index is 12.9. The lowest BCUT2D eigenvalue weighted by Gasteiger charge is -2.32. The Morgan fingerprint density at radius 1 is 1.20 bits per heavy atom. The third-order valence-electron chi connectivity index (χ3n) is 7.48. The number of aryl methyl sites for hydroxylation is 2. The molecule has 2 aliphatic rings. The van der Waals surface area contributed by atoms with Crippen molar-refractivity contribution in [2.75, 3.05) is 20.2 Å². The number of aromatic nitrogens is 1. The highest BCUT2D eigenvalue weighted by Gasteiger charge is 2.25. The third kappa shape index (κ3) is 8.06. The average Bonchev–Trinajstić information content (AvgIpc) is 2.97. The van der Waals surface area contributed by atoms with E-state index in [1.54, 1.807) is 13.3 Å². The number of ether oxygens (including phenoxy) is 1. The number of pyridine rings is 1. The Kier molecular flexibility index (Phi) is 11.1. The molecule has 0 spiro atoms. The number of rotatable bonds is 6. The first kappa shape index (κ1) is 30.6. The number of nitrogens with zero attached hydrogens (tertiary/aromatic N) is 3. The van der Waals surface area contributed by atoms with Gasteiger partial charge < -0.3 is 20.3 Å². The number of benzene rings is 1. The minimum atomic E-state index is 0.0381. The van der Waals surface area contributed by atoms with E-state index in [9.17, 15) is 4.79 Å². The summed E-state index contributed by atoms with van der Waals surface area (Å²) in [5, 5.41) is 0. The number of piperidine rings is 1. The van der Waals surface area contributed by atoms with E-state index in [2.05, 4.69) is 76.5 Å². The van der Waals surface area contributed by atoms with Crippen LogP contribution in [0, 0.1) is 6.92 Å². The molecular formula is C34H44N4O2. The van der Waals surface area contributed by atoms with Gasteiger partial charge in [-0.1, -0.05) is 43.8 Å². The van der Waals surface area contributed by atoms with Crippen LogP contribution >= 0.6 is 0 Å². The number of carbonyl (C=O) groups is 1. The predicted octanol–water partition coefficient (Wildman–Crippen LogP) is 6.56. The highest BCUT2D eigenvalue weighted by atomic mass is 16.5. The largest absolute Gasteiger partial charge is 0.495 e. The van der Waals surface area contributed by atoms with E-state index in [0.29, 0.717) is 12.1 Å². The Labute approximate surface area is 240 Å². The molecule has 3 heterocycles. The summed E-state index contributed by atoms with van der Waals surface area (Å²) in [5.41, 5.74) is 14.6. The summed E-state index contributed by atoms with van der Waals surface area (Å²) in [7, 11) is 1.64. The van der Waals surface area contributed by atoms with Crippen LogP contribution in [0.1, 0.15) is 57.4 Å². The Morgan fingerprint density at radius 2 is 1.95 bits per heavy atom. The molecule has 6 heteroatoms. The van der Waals surface area contributed by atoms with Crippen LogP contribution in [-0.4, -0.2) is 46.9 Å². The van der Waals surface area contributed by atoms with Gasteiger partial charge in [-0.2, -0.15) is 0 Å². The molecule has 1 saturated heterocycles. The molecule has 2 N–H and O–H groups in total. The summed E-state index contributed by atoms with van der Waals surface area (Å²) < 4.78 is 4.95. The summed E-state index contributed by atoms with van der Waals surface area (Å²) in [5.74, 6) is 0.855. The number of amides is 1. The average molecular weight is 541 g/mol. The summed E-state index contributed by atoms with van der Waals surface area (Å²) >= 11 is 0. The minimum absolute atomic E-state index is 0.0381. The lowest BCUT2D eigenvalue weighted by atomic mass is 10.0. The zero-order chi connectivity index (χ0) is 29.2. The summed E-state index contributed by atoms with van der Waals surface area (Å²) in [6.07, 6.45) is 12.6. The number of hydrogen-bond donors (Lipinski definition) is 1. The number of likely N-dealkylation sites (tertiary alicyclic amines) is 1. The molecule has 1 atom stereocenters. The van der Waals surface area contributed by atoms with Crippen molar-refractivity contribution in [2.45, 2.75) is 59.9 Å². The molecular weight excluding hydrogens is 496 g/mol. The van der Waals surface area contributed by atoms with Crippen molar-refractivity contribution in [2.24, 2.45) is 5.73 Å². The lowest BCUT2D eigenvalue weighted by Crippen LogP contribution is -2.46. The second-order valence-corrected chi connectivity index (χ2v) is 10.4. The van der Waals surface area contributed by atoms with Crippen LogP contribution < -0.4 is 10.5 Å². The van der Waals surface area contributed by atoms with Gasteiger partial charge >= 0.3 is 0 Å². The SMILES string of the molecule is C=C1C=C(C(=O)N2CCCC(N)C2)C=CN1/C(C)=C(C)/C(C)=C/c1ccccc1C.CCc1ccc(OC)cn1. The molecule has 1 fully saturated rings.